The van der Waals surface area contributed by atoms with Crippen LogP contribution in [0.4, 0.5) is 10.1 Å². The number of phenolic OH excluding ortho intramolecular Hbond substituents is 1. The SMILES string of the molecule is CCNCc1ccccc1NC(=O)c1ccc(O)cc1F. The summed E-state index contributed by atoms with van der Waals surface area (Å²) in [5.41, 5.74) is 1.45. The quantitative estimate of drug-likeness (QED) is 0.793. The van der Waals surface area contributed by atoms with Crippen LogP contribution in [0.5, 0.6) is 5.75 Å². The highest BCUT2D eigenvalue weighted by atomic mass is 19.1. The topological polar surface area (TPSA) is 61.4 Å². The molecule has 0 heterocycles. The molecule has 0 saturated heterocycles. The van der Waals surface area contributed by atoms with E-state index in [1.54, 1.807) is 12.1 Å². The molecule has 4 nitrogen and oxygen atoms in total. The lowest BCUT2D eigenvalue weighted by Gasteiger charge is -2.11. The highest BCUT2D eigenvalue weighted by Crippen LogP contribution is 2.19. The third-order valence-corrected chi connectivity index (χ3v) is 3.03. The molecule has 0 fully saturated rings. The number of benzene rings is 2. The Balaban J connectivity index is 2.19. The summed E-state index contributed by atoms with van der Waals surface area (Å²) in [6.07, 6.45) is 0. The summed E-state index contributed by atoms with van der Waals surface area (Å²) in [5.74, 6) is -1.51. The summed E-state index contributed by atoms with van der Waals surface area (Å²) in [4.78, 5) is 12.1. The predicted molar refractivity (Wildman–Crippen MR) is 79.8 cm³/mol. The van der Waals surface area contributed by atoms with E-state index in [-0.39, 0.29) is 11.3 Å². The number of carbonyl (C=O) groups excluding carboxylic acids is 1. The molecule has 0 aliphatic rings. The van der Waals surface area contributed by atoms with E-state index < -0.39 is 11.7 Å². The van der Waals surface area contributed by atoms with E-state index in [1.807, 2.05) is 19.1 Å². The van der Waals surface area contributed by atoms with Gasteiger partial charge >= 0.3 is 0 Å². The summed E-state index contributed by atoms with van der Waals surface area (Å²) < 4.78 is 13.7. The van der Waals surface area contributed by atoms with Crippen molar-refractivity contribution < 1.29 is 14.3 Å². The molecule has 0 unspecified atom stereocenters. The van der Waals surface area contributed by atoms with Crippen molar-refractivity contribution in [3.63, 3.8) is 0 Å². The van der Waals surface area contributed by atoms with Crippen molar-refractivity contribution >= 4 is 11.6 Å². The van der Waals surface area contributed by atoms with Gasteiger partial charge in [0.05, 0.1) is 5.56 Å². The Morgan fingerprint density at radius 1 is 1.24 bits per heavy atom. The van der Waals surface area contributed by atoms with E-state index in [0.717, 1.165) is 18.2 Å². The first-order valence-electron chi connectivity index (χ1n) is 6.70. The van der Waals surface area contributed by atoms with Gasteiger partial charge < -0.3 is 15.7 Å². The average molecular weight is 288 g/mol. The minimum Gasteiger partial charge on any atom is -0.508 e. The molecule has 2 aromatic carbocycles. The minimum absolute atomic E-state index is 0.106. The maximum absolute atomic E-state index is 13.7. The zero-order chi connectivity index (χ0) is 15.2. The molecule has 21 heavy (non-hydrogen) atoms. The second kappa shape index (κ2) is 6.85. The summed E-state index contributed by atoms with van der Waals surface area (Å²) in [6, 6.07) is 10.8. The number of nitrogens with one attached hydrogen (secondary N) is 2. The molecule has 0 aliphatic heterocycles. The molecule has 0 aliphatic carbocycles. The lowest BCUT2D eigenvalue weighted by molar-refractivity contribution is 0.102. The van der Waals surface area contributed by atoms with Crippen molar-refractivity contribution in [2.24, 2.45) is 0 Å². The van der Waals surface area contributed by atoms with E-state index in [0.29, 0.717) is 12.2 Å². The lowest BCUT2D eigenvalue weighted by atomic mass is 10.1. The number of anilines is 1. The molecular formula is C16H17FN2O2. The Morgan fingerprint density at radius 3 is 2.71 bits per heavy atom. The van der Waals surface area contributed by atoms with Gasteiger partial charge in [0.25, 0.3) is 5.91 Å². The number of halogens is 1. The second-order valence-electron chi connectivity index (χ2n) is 4.56. The Hall–Kier alpha value is -2.40. The van der Waals surface area contributed by atoms with Crippen LogP contribution >= 0.6 is 0 Å². The van der Waals surface area contributed by atoms with E-state index in [2.05, 4.69) is 10.6 Å². The van der Waals surface area contributed by atoms with Crippen LogP contribution < -0.4 is 10.6 Å². The summed E-state index contributed by atoms with van der Waals surface area (Å²) in [5, 5.41) is 15.0. The van der Waals surface area contributed by atoms with E-state index in [4.69, 9.17) is 0 Å². The molecular weight excluding hydrogens is 271 g/mol. The van der Waals surface area contributed by atoms with Gasteiger partial charge in [-0.3, -0.25) is 4.79 Å². The first kappa shape index (κ1) is 15.0. The third-order valence-electron chi connectivity index (χ3n) is 3.03. The van der Waals surface area contributed by atoms with Gasteiger partial charge in [-0.05, 0) is 30.3 Å². The Kier molecular flexibility index (Phi) is 4.90. The molecule has 2 aromatic rings. The van der Waals surface area contributed by atoms with Gasteiger partial charge in [0.2, 0.25) is 0 Å². The molecule has 5 heteroatoms. The van der Waals surface area contributed by atoms with Gasteiger partial charge in [-0.2, -0.15) is 0 Å². The molecule has 0 bridgehead atoms. The Bertz CT molecular complexity index is 644. The van der Waals surface area contributed by atoms with Crippen molar-refractivity contribution in [1.29, 1.82) is 0 Å². The molecule has 3 N–H and O–H groups in total. The minimum atomic E-state index is -0.753. The van der Waals surface area contributed by atoms with E-state index in [9.17, 15) is 14.3 Å². The number of phenols is 1. The zero-order valence-electron chi connectivity index (χ0n) is 11.7. The summed E-state index contributed by atoms with van der Waals surface area (Å²) >= 11 is 0. The van der Waals surface area contributed by atoms with Crippen molar-refractivity contribution in [1.82, 2.24) is 5.32 Å². The zero-order valence-corrected chi connectivity index (χ0v) is 11.7. The van der Waals surface area contributed by atoms with Gasteiger partial charge in [0.1, 0.15) is 11.6 Å². The van der Waals surface area contributed by atoms with Crippen LogP contribution in [0, 0.1) is 5.82 Å². The first-order chi connectivity index (χ1) is 10.1. The Morgan fingerprint density at radius 2 is 2.00 bits per heavy atom. The Labute approximate surface area is 122 Å². The predicted octanol–water partition coefficient (Wildman–Crippen LogP) is 2.89. The number of carbonyl (C=O) groups is 1. The molecule has 0 saturated carbocycles. The maximum Gasteiger partial charge on any atom is 0.258 e. The molecule has 0 spiro atoms. The van der Waals surface area contributed by atoms with Crippen molar-refractivity contribution in [2.75, 3.05) is 11.9 Å². The van der Waals surface area contributed by atoms with Crippen LogP contribution in [0.1, 0.15) is 22.8 Å². The lowest BCUT2D eigenvalue weighted by Crippen LogP contribution is -2.17. The van der Waals surface area contributed by atoms with E-state index >= 15 is 0 Å². The fourth-order valence-corrected chi connectivity index (χ4v) is 1.93. The number of hydrogen-bond donors (Lipinski definition) is 3. The highest BCUT2D eigenvalue weighted by Gasteiger charge is 2.13. The van der Waals surface area contributed by atoms with Crippen LogP contribution in [-0.2, 0) is 6.54 Å². The fraction of sp³-hybridized carbons (Fsp3) is 0.188. The van der Waals surface area contributed by atoms with Crippen molar-refractivity contribution in [2.45, 2.75) is 13.5 Å². The molecule has 0 aromatic heterocycles. The number of amides is 1. The number of aromatic hydroxyl groups is 1. The molecule has 1 amide bonds. The van der Waals surface area contributed by atoms with Gasteiger partial charge in [-0.1, -0.05) is 25.1 Å². The van der Waals surface area contributed by atoms with Crippen LogP contribution in [0.2, 0.25) is 0 Å². The first-order valence-corrected chi connectivity index (χ1v) is 6.70. The van der Waals surface area contributed by atoms with Crippen LogP contribution in [0.15, 0.2) is 42.5 Å². The van der Waals surface area contributed by atoms with Gasteiger partial charge in [0.15, 0.2) is 0 Å². The average Bonchev–Trinajstić information content (AvgIpc) is 2.46. The number of hydrogen-bond acceptors (Lipinski definition) is 3. The van der Waals surface area contributed by atoms with Crippen molar-refractivity contribution in [3.05, 3.63) is 59.4 Å². The number of rotatable bonds is 5. The summed E-state index contributed by atoms with van der Waals surface area (Å²) in [7, 11) is 0. The van der Waals surface area contributed by atoms with Gasteiger partial charge in [0, 0.05) is 18.3 Å². The molecule has 0 atom stereocenters. The molecule has 2 rings (SSSR count). The van der Waals surface area contributed by atoms with E-state index in [1.165, 1.54) is 12.1 Å². The second-order valence-corrected chi connectivity index (χ2v) is 4.56. The van der Waals surface area contributed by atoms with Crippen LogP contribution in [-0.4, -0.2) is 17.6 Å². The molecule has 0 radical (unpaired) electrons. The fourth-order valence-electron chi connectivity index (χ4n) is 1.93. The number of para-hydroxylation sites is 1. The van der Waals surface area contributed by atoms with Crippen LogP contribution in [0.25, 0.3) is 0 Å². The van der Waals surface area contributed by atoms with Gasteiger partial charge in [-0.15, -0.1) is 0 Å². The monoisotopic (exact) mass is 288 g/mol. The van der Waals surface area contributed by atoms with Crippen LogP contribution in [0.3, 0.4) is 0 Å². The largest absolute Gasteiger partial charge is 0.508 e. The summed E-state index contributed by atoms with van der Waals surface area (Å²) in [6.45, 7) is 3.42. The normalized spacial score (nSPS) is 10.4. The smallest absolute Gasteiger partial charge is 0.258 e. The highest BCUT2D eigenvalue weighted by molar-refractivity contribution is 6.04. The molecule has 110 valence electrons. The van der Waals surface area contributed by atoms with Crippen molar-refractivity contribution in [3.8, 4) is 5.75 Å². The maximum atomic E-state index is 13.7. The van der Waals surface area contributed by atoms with Gasteiger partial charge in [-0.25, -0.2) is 4.39 Å². The standard InChI is InChI=1S/C16H17FN2O2/c1-2-18-10-11-5-3-4-6-15(11)19-16(21)13-8-7-12(20)9-14(13)17/h3-9,18,20H,2,10H2,1H3,(H,19,21). The third kappa shape index (κ3) is 3.79.